The van der Waals surface area contributed by atoms with E-state index in [0.717, 1.165) is 42.6 Å². The van der Waals surface area contributed by atoms with Gasteiger partial charge < -0.3 is 11.1 Å². The average Bonchev–Trinajstić information content (AvgIpc) is 3.09. The van der Waals surface area contributed by atoms with Crippen molar-refractivity contribution in [2.45, 2.75) is 51.0 Å². The zero-order valence-electron chi connectivity index (χ0n) is 15.6. The van der Waals surface area contributed by atoms with Gasteiger partial charge in [-0.15, -0.1) is 36.2 Å². The van der Waals surface area contributed by atoms with E-state index < -0.39 is 0 Å². The Morgan fingerprint density at radius 1 is 1.30 bits per heavy atom. The number of nitrogens with one attached hydrogen (secondary N) is 1. The van der Waals surface area contributed by atoms with Crippen LogP contribution in [0.25, 0.3) is 10.2 Å². The van der Waals surface area contributed by atoms with Crippen LogP contribution >= 0.6 is 36.2 Å². The van der Waals surface area contributed by atoms with Gasteiger partial charge in [0.05, 0.1) is 21.1 Å². The van der Waals surface area contributed by atoms with Crippen molar-refractivity contribution in [3.05, 3.63) is 41.4 Å². The number of para-hydroxylation sites is 1. The SMILES string of the molecule is CCCCC(CN)NC(=O)C1CC=CCC1c1nc2ccccc2s1.Cl.Cl. The van der Waals surface area contributed by atoms with Crippen LogP contribution in [0.2, 0.25) is 0 Å². The number of rotatable bonds is 7. The lowest BCUT2D eigenvalue weighted by molar-refractivity contribution is -0.126. The number of carbonyl (C=O) groups is 1. The first-order valence-corrected chi connectivity index (χ1v) is 10.1. The molecule has 0 saturated heterocycles. The molecule has 1 heterocycles. The molecule has 0 radical (unpaired) electrons. The molecule has 3 unspecified atom stereocenters. The number of unbranched alkanes of at least 4 members (excludes halogenated alkanes) is 1. The molecule has 3 N–H and O–H groups in total. The summed E-state index contributed by atoms with van der Waals surface area (Å²) < 4.78 is 1.19. The lowest BCUT2D eigenvalue weighted by atomic mass is 9.82. The van der Waals surface area contributed by atoms with Crippen LogP contribution in [0, 0.1) is 5.92 Å². The summed E-state index contributed by atoms with van der Waals surface area (Å²) in [4.78, 5) is 17.7. The van der Waals surface area contributed by atoms with E-state index in [2.05, 4.69) is 30.5 Å². The van der Waals surface area contributed by atoms with Crippen LogP contribution in [-0.2, 0) is 4.79 Å². The van der Waals surface area contributed by atoms with Crippen molar-refractivity contribution in [2.24, 2.45) is 11.7 Å². The molecule has 1 aromatic carbocycles. The molecule has 0 fully saturated rings. The minimum atomic E-state index is -0.0544. The van der Waals surface area contributed by atoms with Crippen molar-refractivity contribution in [3.8, 4) is 0 Å². The summed E-state index contributed by atoms with van der Waals surface area (Å²) in [5, 5.41) is 4.26. The Balaban J connectivity index is 0.00000182. The number of nitrogens with two attached hydrogens (primary N) is 1. The topological polar surface area (TPSA) is 68.0 Å². The molecule has 1 aromatic heterocycles. The molecule has 7 heteroatoms. The van der Waals surface area contributed by atoms with Crippen molar-refractivity contribution in [3.63, 3.8) is 0 Å². The number of hydrogen-bond acceptors (Lipinski definition) is 4. The van der Waals surface area contributed by atoms with E-state index in [-0.39, 0.29) is 48.6 Å². The van der Waals surface area contributed by atoms with E-state index >= 15 is 0 Å². The largest absolute Gasteiger partial charge is 0.352 e. The molecule has 1 amide bonds. The second-order valence-corrected chi connectivity index (χ2v) is 7.82. The Kier molecular flexibility index (Phi) is 10.3. The van der Waals surface area contributed by atoms with Crippen LogP contribution < -0.4 is 11.1 Å². The monoisotopic (exact) mass is 429 g/mol. The zero-order chi connectivity index (χ0) is 17.6. The summed E-state index contributed by atoms with van der Waals surface area (Å²) in [5.41, 5.74) is 6.88. The molecule has 2 aromatic rings. The number of allylic oxidation sites excluding steroid dienone is 2. The van der Waals surface area contributed by atoms with Crippen molar-refractivity contribution in [1.82, 2.24) is 10.3 Å². The first-order chi connectivity index (χ1) is 12.2. The highest BCUT2D eigenvalue weighted by Gasteiger charge is 2.33. The first kappa shape index (κ1) is 23.9. The number of thiazole rings is 1. The molecular weight excluding hydrogens is 401 g/mol. The molecule has 1 aliphatic rings. The second kappa shape index (κ2) is 11.6. The highest BCUT2D eigenvalue weighted by Crippen LogP contribution is 2.38. The third-order valence-electron chi connectivity index (χ3n) is 4.93. The number of carbonyl (C=O) groups excluding carboxylic acids is 1. The maximum atomic E-state index is 12.9. The molecule has 0 saturated carbocycles. The Hall–Kier alpha value is -1.14. The fourth-order valence-electron chi connectivity index (χ4n) is 3.43. The molecule has 1 aliphatic carbocycles. The van der Waals surface area contributed by atoms with Crippen LogP contribution in [0.3, 0.4) is 0 Å². The third-order valence-corrected chi connectivity index (χ3v) is 6.10. The van der Waals surface area contributed by atoms with E-state index in [1.165, 1.54) is 4.70 Å². The van der Waals surface area contributed by atoms with Gasteiger partial charge >= 0.3 is 0 Å². The molecule has 4 nitrogen and oxygen atoms in total. The Bertz CT molecular complexity index is 717. The van der Waals surface area contributed by atoms with Gasteiger partial charge in [-0.05, 0) is 31.4 Å². The van der Waals surface area contributed by atoms with Gasteiger partial charge in [0.25, 0.3) is 0 Å². The predicted molar refractivity (Wildman–Crippen MR) is 119 cm³/mol. The van der Waals surface area contributed by atoms with E-state index in [9.17, 15) is 4.79 Å². The number of nitrogens with zero attached hydrogens (tertiary/aromatic N) is 1. The number of halogens is 2. The molecule has 0 aliphatic heterocycles. The zero-order valence-corrected chi connectivity index (χ0v) is 18.0. The summed E-state index contributed by atoms with van der Waals surface area (Å²) in [5.74, 6) is 0.230. The predicted octanol–water partition coefficient (Wildman–Crippen LogP) is 4.82. The molecule has 3 atom stereocenters. The minimum absolute atomic E-state index is 0. The Morgan fingerprint density at radius 2 is 2.04 bits per heavy atom. The normalized spacial score (nSPS) is 19.8. The number of hydrogen-bond donors (Lipinski definition) is 2. The summed E-state index contributed by atoms with van der Waals surface area (Å²) in [6.45, 7) is 2.66. The van der Waals surface area contributed by atoms with Crippen LogP contribution in [0.4, 0.5) is 0 Å². The summed E-state index contributed by atoms with van der Waals surface area (Å²) in [6, 6.07) is 8.26. The van der Waals surface area contributed by atoms with Crippen molar-refractivity contribution in [2.75, 3.05) is 6.54 Å². The van der Waals surface area contributed by atoms with Gasteiger partial charge in [-0.1, -0.05) is 44.1 Å². The second-order valence-electron chi connectivity index (χ2n) is 6.76. The minimum Gasteiger partial charge on any atom is -0.352 e. The maximum absolute atomic E-state index is 12.9. The number of benzene rings is 1. The third kappa shape index (κ3) is 5.92. The van der Waals surface area contributed by atoms with Gasteiger partial charge in [0.15, 0.2) is 0 Å². The fourth-order valence-corrected chi connectivity index (χ4v) is 4.58. The molecule has 0 bridgehead atoms. The van der Waals surface area contributed by atoms with Gasteiger partial charge in [0.1, 0.15) is 0 Å². The van der Waals surface area contributed by atoms with Gasteiger partial charge in [-0.2, -0.15) is 0 Å². The molecular formula is C20H29Cl2N3OS. The van der Waals surface area contributed by atoms with Gasteiger partial charge in [0, 0.05) is 18.5 Å². The van der Waals surface area contributed by atoms with Crippen molar-refractivity contribution >= 4 is 52.3 Å². The fraction of sp³-hybridized carbons (Fsp3) is 0.500. The first-order valence-electron chi connectivity index (χ1n) is 9.23. The van der Waals surface area contributed by atoms with Gasteiger partial charge in [0.2, 0.25) is 5.91 Å². The smallest absolute Gasteiger partial charge is 0.224 e. The lowest BCUT2D eigenvalue weighted by Gasteiger charge is -2.28. The standard InChI is InChI=1S/C20H27N3OS.2ClH/c1-2-3-8-14(13-21)22-19(24)15-9-4-5-10-16(15)20-23-17-11-6-7-12-18(17)25-20;;/h4-7,11-12,14-16H,2-3,8-10,13,21H2,1H3,(H,22,24);2*1H. The number of fused-ring (bicyclic) bond motifs is 1. The molecule has 27 heavy (non-hydrogen) atoms. The van der Waals surface area contributed by atoms with Crippen molar-refractivity contribution < 1.29 is 4.79 Å². The maximum Gasteiger partial charge on any atom is 0.224 e. The van der Waals surface area contributed by atoms with Crippen molar-refractivity contribution in [1.29, 1.82) is 0 Å². The molecule has 0 spiro atoms. The molecule has 150 valence electrons. The summed E-state index contributed by atoms with van der Waals surface area (Å²) in [6.07, 6.45) is 9.11. The van der Waals surface area contributed by atoms with Crippen LogP contribution in [0.1, 0.15) is 50.0 Å². The lowest BCUT2D eigenvalue weighted by Crippen LogP contribution is -2.44. The van der Waals surface area contributed by atoms with Crippen LogP contribution in [0.5, 0.6) is 0 Å². The van der Waals surface area contributed by atoms with E-state index in [1.807, 2.05) is 18.2 Å². The van der Waals surface area contributed by atoms with Crippen LogP contribution in [0.15, 0.2) is 36.4 Å². The Labute approximate surface area is 177 Å². The number of amides is 1. The summed E-state index contributed by atoms with van der Waals surface area (Å²) in [7, 11) is 0. The highest BCUT2D eigenvalue weighted by atomic mass is 35.5. The Morgan fingerprint density at radius 3 is 2.74 bits per heavy atom. The van der Waals surface area contributed by atoms with Gasteiger partial charge in [-0.3, -0.25) is 4.79 Å². The average molecular weight is 430 g/mol. The van der Waals surface area contributed by atoms with E-state index in [4.69, 9.17) is 10.7 Å². The molecule has 3 rings (SSSR count). The summed E-state index contributed by atoms with van der Waals surface area (Å²) >= 11 is 1.71. The quantitative estimate of drug-likeness (QED) is 0.619. The van der Waals surface area contributed by atoms with Gasteiger partial charge in [-0.25, -0.2) is 4.98 Å². The van der Waals surface area contributed by atoms with E-state index in [0.29, 0.717) is 6.54 Å². The highest BCUT2D eigenvalue weighted by molar-refractivity contribution is 7.18. The number of aromatic nitrogens is 1. The van der Waals surface area contributed by atoms with Crippen LogP contribution in [-0.4, -0.2) is 23.5 Å². The van der Waals surface area contributed by atoms with E-state index in [1.54, 1.807) is 11.3 Å².